The summed E-state index contributed by atoms with van der Waals surface area (Å²) in [6.45, 7) is 2.35. The van der Waals surface area contributed by atoms with Crippen LogP contribution in [0.15, 0.2) is 42.5 Å². The Kier molecular flexibility index (Phi) is 6.58. The molecular formula is C19H27N3O2. The van der Waals surface area contributed by atoms with Crippen LogP contribution in [-0.2, 0) is 4.79 Å². The van der Waals surface area contributed by atoms with Crippen LogP contribution in [0.4, 0.5) is 5.69 Å². The highest BCUT2D eigenvalue weighted by Crippen LogP contribution is 2.20. The maximum atomic E-state index is 12.6. The molecule has 0 aliphatic rings. The largest absolute Gasteiger partial charge is 0.394 e. The molecule has 0 saturated heterocycles. The van der Waals surface area contributed by atoms with Crippen LogP contribution < -0.4 is 11.1 Å². The topological polar surface area (TPSA) is 78.6 Å². The molecule has 2 atom stereocenters. The molecule has 2 aromatic rings. The molecule has 4 N–H and O–H groups in total. The van der Waals surface area contributed by atoms with E-state index in [1.807, 2.05) is 43.3 Å². The number of hydrogen-bond donors (Lipinski definition) is 3. The summed E-state index contributed by atoms with van der Waals surface area (Å²) in [5.41, 5.74) is 6.43. The summed E-state index contributed by atoms with van der Waals surface area (Å²) in [6.07, 6.45) is 1.49. The number of carbonyl (C=O) groups excluding carboxylic acids is 1. The molecule has 0 aliphatic heterocycles. The molecule has 24 heavy (non-hydrogen) atoms. The fourth-order valence-electron chi connectivity index (χ4n) is 2.84. The van der Waals surface area contributed by atoms with Gasteiger partial charge in [0.15, 0.2) is 0 Å². The summed E-state index contributed by atoms with van der Waals surface area (Å²) in [7, 11) is 1.73. The van der Waals surface area contributed by atoms with Crippen LogP contribution in [0.5, 0.6) is 0 Å². The lowest BCUT2D eigenvalue weighted by Crippen LogP contribution is -2.46. The van der Waals surface area contributed by atoms with E-state index in [2.05, 4.69) is 11.4 Å². The highest BCUT2D eigenvalue weighted by Gasteiger charge is 2.23. The summed E-state index contributed by atoms with van der Waals surface area (Å²) in [5, 5.41) is 15.1. The Labute approximate surface area is 143 Å². The van der Waals surface area contributed by atoms with E-state index < -0.39 is 0 Å². The SMILES string of the molecule is CC(Nc1ccc2ccccc2c1)C(=O)N(C)[C@@H](CO)CCCN. The van der Waals surface area contributed by atoms with Crippen molar-refractivity contribution < 1.29 is 9.90 Å². The number of rotatable bonds is 8. The highest BCUT2D eigenvalue weighted by atomic mass is 16.3. The standard InChI is InChI=1S/C19H27N3O2/c1-14(19(24)22(2)18(13-23)8-5-11-20)21-17-10-9-15-6-3-4-7-16(15)12-17/h3-4,6-7,9-10,12,14,18,21,23H,5,8,11,13,20H2,1-2H3/t14?,18-/m1/s1. The molecule has 130 valence electrons. The maximum absolute atomic E-state index is 12.6. The van der Waals surface area contributed by atoms with Crippen molar-refractivity contribution in [3.05, 3.63) is 42.5 Å². The summed E-state index contributed by atoms with van der Waals surface area (Å²) in [6, 6.07) is 13.6. The highest BCUT2D eigenvalue weighted by molar-refractivity contribution is 5.88. The zero-order valence-corrected chi connectivity index (χ0v) is 14.4. The zero-order chi connectivity index (χ0) is 17.5. The number of benzene rings is 2. The van der Waals surface area contributed by atoms with Gasteiger partial charge in [-0.15, -0.1) is 0 Å². The predicted molar refractivity (Wildman–Crippen MR) is 99.0 cm³/mol. The number of anilines is 1. The van der Waals surface area contributed by atoms with Gasteiger partial charge in [0, 0.05) is 12.7 Å². The number of carbonyl (C=O) groups is 1. The van der Waals surface area contributed by atoms with Crippen molar-refractivity contribution in [1.82, 2.24) is 4.90 Å². The van der Waals surface area contributed by atoms with Crippen molar-refractivity contribution in [3.8, 4) is 0 Å². The maximum Gasteiger partial charge on any atom is 0.244 e. The van der Waals surface area contributed by atoms with Crippen LogP contribution in [0.25, 0.3) is 10.8 Å². The number of fused-ring (bicyclic) bond motifs is 1. The molecule has 1 unspecified atom stereocenters. The van der Waals surface area contributed by atoms with Gasteiger partial charge in [0.2, 0.25) is 5.91 Å². The fraction of sp³-hybridized carbons (Fsp3) is 0.421. The van der Waals surface area contributed by atoms with Crippen LogP contribution in [0, 0.1) is 0 Å². The molecule has 0 spiro atoms. The van der Waals surface area contributed by atoms with Gasteiger partial charge in [-0.2, -0.15) is 0 Å². The average Bonchev–Trinajstić information content (AvgIpc) is 2.61. The van der Waals surface area contributed by atoms with Crippen LogP contribution in [0.2, 0.25) is 0 Å². The van der Waals surface area contributed by atoms with E-state index in [4.69, 9.17) is 5.73 Å². The quantitative estimate of drug-likeness (QED) is 0.694. The molecule has 0 aliphatic carbocycles. The van der Waals surface area contributed by atoms with Gasteiger partial charge in [0.25, 0.3) is 0 Å². The van der Waals surface area contributed by atoms with Crippen molar-refractivity contribution in [2.45, 2.75) is 31.8 Å². The fourth-order valence-corrected chi connectivity index (χ4v) is 2.84. The van der Waals surface area contributed by atoms with Gasteiger partial charge in [-0.1, -0.05) is 30.3 Å². The van der Waals surface area contributed by atoms with E-state index in [1.165, 1.54) is 5.39 Å². The van der Waals surface area contributed by atoms with E-state index >= 15 is 0 Å². The van der Waals surface area contributed by atoms with E-state index in [0.717, 1.165) is 17.5 Å². The third-order valence-corrected chi connectivity index (χ3v) is 4.35. The van der Waals surface area contributed by atoms with Crippen molar-refractivity contribution >= 4 is 22.4 Å². The Morgan fingerprint density at radius 1 is 1.25 bits per heavy atom. The van der Waals surface area contributed by atoms with Crippen LogP contribution in [0.1, 0.15) is 19.8 Å². The molecule has 2 aromatic carbocycles. The molecular weight excluding hydrogens is 302 g/mol. The van der Waals surface area contributed by atoms with Gasteiger partial charge in [0.05, 0.1) is 12.6 Å². The monoisotopic (exact) mass is 329 g/mol. The molecule has 0 fully saturated rings. The second-order valence-corrected chi connectivity index (χ2v) is 6.14. The first-order valence-electron chi connectivity index (χ1n) is 8.39. The molecule has 0 heterocycles. The summed E-state index contributed by atoms with van der Waals surface area (Å²) in [4.78, 5) is 14.2. The summed E-state index contributed by atoms with van der Waals surface area (Å²) >= 11 is 0. The number of aliphatic hydroxyl groups is 1. The lowest BCUT2D eigenvalue weighted by atomic mass is 10.1. The smallest absolute Gasteiger partial charge is 0.244 e. The Bertz CT molecular complexity index is 674. The molecule has 2 rings (SSSR count). The summed E-state index contributed by atoms with van der Waals surface area (Å²) in [5.74, 6) is -0.0424. The van der Waals surface area contributed by atoms with Gasteiger partial charge >= 0.3 is 0 Å². The van der Waals surface area contributed by atoms with Gasteiger partial charge in [-0.05, 0) is 49.2 Å². The second kappa shape index (κ2) is 8.66. The molecule has 0 bridgehead atoms. The Hall–Kier alpha value is -2.11. The number of hydrogen-bond acceptors (Lipinski definition) is 4. The lowest BCUT2D eigenvalue weighted by molar-refractivity contribution is -0.133. The Morgan fingerprint density at radius 3 is 2.62 bits per heavy atom. The van der Waals surface area contributed by atoms with Crippen molar-refractivity contribution in [1.29, 1.82) is 0 Å². The number of nitrogens with zero attached hydrogens (tertiary/aromatic N) is 1. The minimum absolute atomic E-state index is 0.0424. The first-order chi connectivity index (χ1) is 11.6. The van der Waals surface area contributed by atoms with E-state index in [-0.39, 0.29) is 24.6 Å². The molecule has 0 radical (unpaired) electrons. The van der Waals surface area contributed by atoms with Crippen molar-refractivity contribution in [2.75, 3.05) is 25.5 Å². The minimum Gasteiger partial charge on any atom is -0.394 e. The van der Waals surface area contributed by atoms with Gasteiger partial charge in [0.1, 0.15) is 6.04 Å². The lowest BCUT2D eigenvalue weighted by Gasteiger charge is -2.29. The number of aliphatic hydroxyl groups excluding tert-OH is 1. The molecule has 0 aromatic heterocycles. The van der Waals surface area contributed by atoms with Crippen LogP contribution in [0.3, 0.4) is 0 Å². The zero-order valence-electron chi connectivity index (χ0n) is 14.4. The van der Waals surface area contributed by atoms with Crippen LogP contribution in [-0.4, -0.2) is 48.2 Å². The molecule has 0 saturated carbocycles. The molecule has 5 nitrogen and oxygen atoms in total. The Balaban J connectivity index is 2.03. The average molecular weight is 329 g/mol. The first kappa shape index (κ1) is 18.2. The number of amides is 1. The third kappa shape index (κ3) is 4.46. The van der Waals surface area contributed by atoms with Gasteiger partial charge in [-0.25, -0.2) is 0 Å². The van der Waals surface area contributed by atoms with Gasteiger partial charge < -0.3 is 21.1 Å². The number of nitrogens with one attached hydrogen (secondary N) is 1. The van der Waals surface area contributed by atoms with E-state index in [0.29, 0.717) is 13.0 Å². The van der Waals surface area contributed by atoms with Gasteiger partial charge in [-0.3, -0.25) is 4.79 Å². The third-order valence-electron chi connectivity index (χ3n) is 4.35. The second-order valence-electron chi connectivity index (χ2n) is 6.14. The summed E-state index contributed by atoms with van der Waals surface area (Å²) < 4.78 is 0. The first-order valence-corrected chi connectivity index (χ1v) is 8.39. The number of likely N-dealkylation sites (N-methyl/N-ethyl adjacent to an activating group) is 1. The molecule has 1 amide bonds. The van der Waals surface area contributed by atoms with Crippen molar-refractivity contribution in [2.24, 2.45) is 5.73 Å². The normalized spacial score (nSPS) is 13.5. The van der Waals surface area contributed by atoms with E-state index in [1.54, 1.807) is 11.9 Å². The van der Waals surface area contributed by atoms with Crippen molar-refractivity contribution in [3.63, 3.8) is 0 Å². The Morgan fingerprint density at radius 2 is 1.96 bits per heavy atom. The predicted octanol–water partition coefficient (Wildman–Crippen LogP) is 2.20. The minimum atomic E-state index is -0.372. The number of nitrogens with two attached hydrogens (primary N) is 1. The van der Waals surface area contributed by atoms with Crippen LogP contribution >= 0.6 is 0 Å². The molecule has 5 heteroatoms. The van der Waals surface area contributed by atoms with E-state index in [9.17, 15) is 9.90 Å².